The number of rotatable bonds is 3. The van der Waals surface area contributed by atoms with Gasteiger partial charge in [-0.15, -0.1) is 0 Å². The summed E-state index contributed by atoms with van der Waals surface area (Å²) in [5.41, 5.74) is 3.78. The van der Waals surface area contributed by atoms with Gasteiger partial charge in [0.05, 0.1) is 12.2 Å². The number of hydrogen-bond acceptors (Lipinski definition) is 2. The zero-order valence-corrected chi connectivity index (χ0v) is 11.7. The molecule has 0 fully saturated rings. The van der Waals surface area contributed by atoms with Crippen molar-refractivity contribution in [1.82, 2.24) is 0 Å². The second-order valence-corrected chi connectivity index (χ2v) is 4.69. The molecule has 2 aromatic carbocycles. The van der Waals surface area contributed by atoms with E-state index in [0.717, 1.165) is 16.7 Å². The minimum absolute atomic E-state index is 0.284. The number of benzene rings is 2. The van der Waals surface area contributed by atoms with E-state index in [1.54, 1.807) is 13.0 Å². The third kappa shape index (κ3) is 3.15. The highest BCUT2D eigenvalue weighted by molar-refractivity contribution is 6.30. The largest absolute Gasteiger partial charge is 0.462 e. The second kappa shape index (κ2) is 5.89. The molecule has 0 bridgehead atoms. The van der Waals surface area contributed by atoms with Crippen LogP contribution in [0.25, 0.3) is 11.1 Å². The Balaban J connectivity index is 2.34. The van der Waals surface area contributed by atoms with Gasteiger partial charge >= 0.3 is 5.97 Å². The van der Waals surface area contributed by atoms with Crippen LogP contribution in [0.2, 0.25) is 5.02 Å². The lowest BCUT2D eigenvalue weighted by Crippen LogP contribution is -2.04. The normalized spacial score (nSPS) is 10.3. The lowest BCUT2D eigenvalue weighted by atomic mass is 9.98. The average Bonchev–Trinajstić information content (AvgIpc) is 2.40. The van der Waals surface area contributed by atoms with Crippen molar-refractivity contribution in [2.24, 2.45) is 0 Å². The molecule has 3 heteroatoms. The smallest absolute Gasteiger partial charge is 0.338 e. The SMILES string of the molecule is CCOC(=O)c1ccc(-c2ccc(Cl)cc2)c(C)c1. The standard InChI is InChI=1S/C16H15ClO2/c1-3-19-16(18)13-6-9-15(11(2)10-13)12-4-7-14(17)8-5-12/h4-10H,3H2,1-2H3. The Morgan fingerprint density at radius 1 is 1.16 bits per heavy atom. The van der Waals surface area contributed by atoms with E-state index >= 15 is 0 Å². The van der Waals surface area contributed by atoms with E-state index in [-0.39, 0.29) is 5.97 Å². The fourth-order valence-electron chi connectivity index (χ4n) is 1.96. The molecule has 0 spiro atoms. The van der Waals surface area contributed by atoms with Crippen LogP contribution in [0.3, 0.4) is 0 Å². The van der Waals surface area contributed by atoms with E-state index in [1.807, 2.05) is 43.3 Å². The molecule has 2 nitrogen and oxygen atoms in total. The molecule has 0 aliphatic rings. The molecule has 0 atom stereocenters. The summed E-state index contributed by atoms with van der Waals surface area (Å²) in [6.07, 6.45) is 0. The molecule has 98 valence electrons. The van der Waals surface area contributed by atoms with Gasteiger partial charge in [0.25, 0.3) is 0 Å². The van der Waals surface area contributed by atoms with Gasteiger partial charge in [-0.25, -0.2) is 4.79 Å². The topological polar surface area (TPSA) is 26.3 Å². The van der Waals surface area contributed by atoms with Crippen molar-refractivity contribution in [3.05, 3.63) is 58.6 Å². The van der Waals surface area contributed by atoms with Gasteiger partial charge in [-0.2, -0.15) is 0 Å². The molecule has 0 amide bonds. The first kappa shape index (κ1) is 13.6. The highest BCUT2D eigenvalue weighted by atomic mass is 35.5. The van der Waals surface area contributed by atoms with Crippen molar-refractivity contribution in [1.29, 1.82) is 0 Å². The summed E-state index contributed by atoms with van der Waals surface area (Å²) < 4.78 is 4.99. The third-order valence-electron chi connectivity index (χ3n) is 2.89. The Kier molecular flexibility index (Phi) is 4.23. The Labute approximate surface area is 118 Å². The van der Waals surface area contributed by atoms with Gasteiger partial charge in [-0.1, -0.05) is 29.8 Å². The number of halogens is 1. The fourth-order valence-corrected chi connectivity index (χ4v) is 2.08. The molecule has 0 N–H and O–H groups in total. The molecular weight excluding hydrogens is 260 g/mol. The predicted octanol–water partition coefficient (Wildman–Crippen LogP) is 4.49. The van der Waals surface area contributed by atoms with Gasteiger partial charge in [-0.3, -0.25) is 0 Å². The summed E-state index contributed by atoms with van der Waals surface area (Å²) in [5, 5.41) is 0.713. The highest BCUT2D eigenvalue weighted by Gasteiger charge is 2.09. The van der Waals surface area contributed by atoms with E-state index < -0.39 is 0 Å². The monoisotopic (exact) mass is 274 g/mol. The maximum absolute atomic E-state index is 11.6. The van der Waals surface area contributed by atoms with Gasteiger partial charge < -0.3 is 4.74 Å². The number of hydrogen-bond donors (Lipinski definition) is 0. The molecule has 0 radical (unpaired) electrons. The molecule has 0 unspecified atom stereocenters. The van der Waals surface area contributed by atoms with E-state index in [2.05, 4.69) is 0 Å². The molecule has 19 heavy (non-hydrogen) atoms. The first-order valence-corrected chi connectivity index (χ1v) is 6.53. The summed E-state index contributed by atoms with van der Waals surface area (Å²) in [6.45, 7) is 4.16. The quantitative estimate of drug-likeness (QED) is 0.771. The molecule has 0 saturated heterocycles. The third-order valence-corrected chi connectivity index (χ3v) is 3.14. The first-order chi connectivity index (χ1) is 9.11. The van der Waals surface area contributed by atoms with Crippen molar-refractivity contribution in [3.63, 3.8) is 0 Å². The Morgan fingerprint density at radius 2 is 1.84 bits per heavy atom. The Bertz CT molecular complexity index is 588. The van der Waals surface area contributed by atoms with Crippen molar-refractivity contribution in [2.75, 3.05) is 6.61 Å². The number of esters is 1. The van der Waals surface area contributed by atoms with Crippen LogP contribution < -0.4 is 0 Å². The first-order valence-electron chi connectivity index (χ1n) is 6.15. The van der Waals surface area contributed by atoms with E-state index in [0.29, 0.717) is 17.2 Å². The van der Waals surface area contributed by atoms with Crippen LogP contribution in [0.15, 0.2) is 42.5 Å². The van der Waals surface area contributed by atoms with Crippen LogP contribution in [0.5, 0.6) is 0 Å². The Hall–Kier alpha value is -1.80. The molecule has 0 aliphatic carbocycles. The zero-order chi connectivity index (χ0) is 13.8. The summed E-state index contributed by atoms with van der Waals surface area (Å²) >= 11 is 5.88. The van der Waals surface area contributed by atoms with Crippen LogP contribution >= 0.6 is 11.6 Å². The van der Waals surface area contributed by atoms with Crippen LogP contribution in [0.1, 0.15) is 22.8 Å². The maximum atomic E-state index is 11.6. The average molecular weight is 275 g/mol. The zero-order valence-electron chi connectivity index (χ0n) is 10.9. The molecule has 2 rings (SSSR count). The van der Waals surface area contributed by atoms with Gasteiger partial charge in [0.2, 0.25) is 0 Å². The molecule has 2 aromatic rings. The van der Waals surface area contributed by atoms with Crippen molar-refractivity contribution in [2.45, 2.75) is 13.8 Å². The van der Waals surface area contributed by atoms with Gasteiger partial charge in [-0.05, 0) is 54.8 Å². The molecule has 0 aromatic heterocycles. The van der Waals surface area contributed by atoms with Gasteiger partial charge in [0, 0.05) is 5.02 Å². The summed E-state index contributed by atoms with van der Waals surface area (Å²) in [5.74, 6) is -0.284. The number of carbonyl (C=O) groups excluding carboxylic acids is 1. The van der Waals surface area contributed by atoms with Gasteiger partial charge in [0.15, 0.2) is 0 Å². The summed E-state index contributed by atoms with van der Waals surface area (Å²) in [4.78, 5) is 11.6. The van der Waals surface area contributed by atoms with E-state index in [9.17, 15) is 4.79 Å². The van der Waals surface area contributed by atoms with Crippen molar-refractivity contribution < 1.29 is 9.53 Å². The van der Waals surface area contributed by atoms with Crippen LogP contribution in [-0.4, -0.2) is 12.6 Å². The highest BCUT2D eigenvalue weighted by Crippen LogP contribution is 2.25. The number of aryl methyl sites for hydroxylation is 1. The van der Waals surface area contributed by atoms with Gasteiger partial charge in [0.1, 0.15) is 0 Å². The second-order valence-electron chi connectivity index (χ2n) is 4.26. The fraction of sp³-hybridized carbons (Fsp3) is 0.188. The minimum atomic E-state index is -0.284. The Morgan fingerprint density at radius 3 is 2.42 bits per heavy atom. The van der Waals surface area contributed by atoms with Crippen LogP contribution in [-0.2, 0) is 4.74 Å². The van der Waals surface area contributed by atoms with Crippen LogP contribution in [0.4, 0.5) is 0 Å². The number of carbonyl (C=O) groups is 1. The molecule has 0 saturated carbocycles. The molecule has 0 aliphatic heterocycles. The summed E-state index contributed by atoms with van der Waals surface area (Å²) in [7, 11) is 0. The molecule has 0 heterocycles. The van der Waals surface area contributed by atoms with E-state index in [4.69, 9.17) is 16.3 Å². The lowest BCUT2D eigenvalue weighted by Gasteiger charge is -2.08. The van der Waals surface area contributed by atoms with Crippen molar-refractivity contribution >= 4 is 17.6 Å². The molecular formula is C16H15ClO2. The predicted molar refractivity (Wildman–Crippen MR) is 77.6 cm³/mol. The maximum Gasteiger partial charge on any atom is 0.338 e. The number of ether oxygens (including phenoxy) is 1. The van der Waals surface area contributed by atoms with Crippen LogP contribution in [0, 0.1) is 6.92 Å². The van der Waals surface area contributed by atoms with E-state index in [1.165, 1.54) is 0 Å². The summed E-state index contributed by atoms with van der Waals surface area (Å²) in [6, 6.07) is 13.2. The minimum Gasteiger partial charge on any atom is -0.462 e. The van der Waals surface area contributed by atoms with Crippen molar-refractivity contribution in [3.8, 4) is 11.1 Å². The lowest BCUT2D eigenvalue weighted by molar-refractivity contribution is 0.0526.